The van der Waals surface area contributed by atoms with E-state index in [1.807, 2.05) is 25.1 Å². The highest BCUT2D eigenvalue weighted by Crippen LogP contribution is 2.22. The minimum atomic E-state index is -0.966. The highest BCUT2D eigenvalue weighted by molar-refractivity contribution is 9.10. The lowest BCUT2D eigenvalue weighted by Crippen LogP contribution is -2.32. The van der Waals surface area contributed by atoms with Crippen LogP contribution < -0.4 is 20.8 Å². The molecule has 0 aromatic heterocycles. The molecule has 0 aliphatic heterocycles. The number of ether oxygens (including phenoxy) is 1. The van der Waals surface area contributed by atoms with Crippen LogP contribution in [0.4, 0.5) is 11.4 Å². The van der Waals surface area contributed by atoms with Gasteiger partial charge in [0.15, 0.2) is 6.61 Å². The van der Waals surface area contributed by atoms with E-state index in [2.05, 4.69) is 37.1 Å². The van der Waals surface area contributed by atoms with Gasteiger partial charge in [-0.3, -0.25) is 14.4 Å². The topological polar surface area (TPSA) is 109 Å². The molecule has 0 bridgehead atoms. The second-order valence-corrected chi connectivity index (χ2v) is 8.35. The monoisotopic (exact) mass is 542 g/mol. The summed E-state index contributed by atoms with van der Waals surface area (Å²) in [7, 11) is 0. The summed E-state index contributed by atoms with van der Waals surface area (Å²) in [6, 6.07) is 18.9. The van der Waals surface area contributed by atoms with Crippen molar-refractivity contribution in [2.45, 2.75) is 6.92 Å². The number of carbonyl (C=O) groups is 3. The Kier molecular flexibility index (Phi) is 8.78. The van der Waals surface area contributed by atoms with Gasteiger partial charge in [-0.2, -0.15) is 5.10 Å². The molecule has 0 aliphatic carbocycles. The van der Waals surface area contributed by atoms with Crippen molar-refractivity contribution in [2.75, 3.05) is 17.2 Å². The van der Waals surface area contributed by atoms with Crippen molar-refractivity contribution < 1.29 is 19.1 Å². The van der Waals surface area contributed by atoms with E-state index in [0.717, 1.165) is 10.0 Å². The molecule has 0 saturated carbocycles. The number of amides is 3. The van der Waals surface area contributed by atoms with Gasteiger partial charge in [0.25, 0.3) is 5.91 Å². The number of benzene rings is 3. The number of hydrogen-bond donors (Lipinski definition) is 3. The van der Waals surface area contributed by atoms with Crippen molar-refractivity contribution in [1.82, 2.24) is 5.43 Å². The van der Waals surface area contributed by atoms with Crippen LogP contribution in [0.2, 0.25) is 5.02 Å². The predicted molar refractivity (Wildman–Crippen MR) is 135 cm³/mol. The smallest absolute Gasteiger partial charge is 0.329 e. The van der Waals surface area contributed by atoms with Gasteiger partial charge in [0.1, 0.15) is 5.75 Å². The van der Waals surface area contributed by atoms with E-state index in [1.54, 1.807) is 42.5 Å². The third-order valence-electron chi connectivity index (χ3n) is 4.41. The van der Waals surface area contributed by atoms with Crippen LogP contribution in [-0.2, 0) is 14.4 Å². The molecule has 0 atom stereocenters. The molecular weight excluding hydrogens is 524 g/mol. The third kappa shape index (κ3) is 7.43. The fourth-order valence-electron chi connectivity index (χ4n) is 2.76. The summed E-state index contributed by atoms with van der Waals surface area (Å²) in [5.74, 6) is -1.83. The lowest BCUT2D eigenvalue weighted by Gasteiger charge is -2.11. The molecule has 0 spiro atoms. The van der Waals surface area contributed by atoms with Gasteiger partial charge in [0, 0.05) is 26.4 Å². The molecule has 3 rings (SSSR count). The van der Waals surface area contributed by atoms with Crippen molar-refractivity contribution in [3.8, 4) is 5.75 Å². The number of hydrogen-bond acceptors (Lipinski definition) is 5. The van der Waals surface area contributed by atoms with E-state index in [0.29, 0.717) is 27.7 Å². The van der Waals surface area contributed by atoms with Crippen molar-refractivity contribution >= 4 is 62.8 Å². The fourth-order valence-corrected chi connectivity index (χ4v) is 3.33. The maximum Gasteiger partial charge on any atom is 0.329 e. The average molecular weight is 544 g/mol. The molecule has 34 heavy (non-hydrogen) atoms. The number of rotatable bonds is 7. The van der Waals surface area contributed by atoms with Gasteiger partial charge in [0.05, 0.1) is 6.21 Å². The van der Waals surface area contributed by atoms with Crippen LogP contribution in [0.15, 0.2) is 76.3 Å². The van der Waals surface area contributed by atoms with Gasteiger partial charge in [-0.15, -0.1) is 0 Å². The molecule has 8 nitrogen and oxygen atoms in total. The lowest BCUT2D eigenvalue weighted by molar-refractivity contribution is -0.136. The number of carbonyl (C=O) groups excluding carboxylic acids is 3. The summed E-state index contributed by atoms with van der Waals surface area (Å²) in [5, 5.41) is 9.45. The highest BCUT2D eigenvalue weighted by atomic mass is 79.9. The zero-order valence-electron chi connectivity index (χ0n) is 18.0. The Bertz CT molecular complexity index is 1250. The Balaban J connectivity index is 1.58. The third-order valence-corrected chi connectivity index (χ3v) is 5.14. The van der Waals surface area contributed by atoms with Crippen LogP contribution >= 0.6 is 27.5 Å². The Morgan fingerprint density at radius 1 is 1.00 bits per heavy atom. The minimum absolute atomic E-state index is 0.231. The highest BCUT2D eigenvalue weighted by Gasteiger charge is 2.13. The second kappa shape index (κ2) is 12.0. The lowest BCUT2D eigenvalue weighted by atomic mass is 10.2. The molecule has 3 amide bonds. The largest absolute Gasteiger partial charge is 0.483 e. The van der Waals surface area contributed by atoms with Gasteiger partial charge < -0.3 is 15.4 Å². The van der Waals surface area contributed by atoms with Gasteiger partial charge in [-0.05, 0) is 55.0 Å². The molecule has 3 N–H and O–H groups in total. The van der Waals surface area contributed by atoms with Crippen molar-refractivity contribution in [3.05, 3.63) is 87.4 Å². The van der Waals surface area contributed by atoms with E-state index in [9.17, 15) is 14.4 Å². The number of para-hydroxylation sites is 1. The zero-order valence-corrected chi connectivity index (χ0v) is 20.3. The summed E-state index contributed by atoms with van der Waals surface area (Å²) in [6.07, 6.45) is 1.31. The average Bonchev–Trinajstić information content (AvgIpc) is 2.80. The van der Waals surface area contributed by atoms with E-state index < -0.39 is 11.8 Å². The van der Waals surface area contributed by atoms with E-state index in [-0.39, 0.29) is 12.5 Å². The van der Waals surface area contributed by atoms with E-state index >= 15 is 0 Å². The summed E-state index contributed by atoms with van der Waals surface area (Å²) >= 11 is 9.22. The van der Waals surface area contributed by atoms with Crippen LogP contribution in [0.25, 0.3) is 0 Å². The van der Waals surface area contributed by atoms with Crippen LogP contribution in [0.3, 0.4) is 0 Å². The quantitative estimate of drug-likeness (QED) is 0.231. The standard InChI is InChI=1S/C24H20BrClN4O4/c1-15-5-2-3-8-20(15)29-22(31)14-34-21-10-9-17(25)11-16(21)13-27-30-24(33)23(32)28-19-7-4-6-18(26)12-19/h2-13H,14H2,1H3,(H,28,32)(H,29,31)(H,30,33)/b27-13-. The molecule has 3 aromatic rings. The van der Waals surface area contributed by atoms with Crippen molar-refractivity contribution in [2.24, 2.45) is 5.10 Å². The second-order valence-electron chi connectivity index (χ2n) is 7.00. The SMILES string of the molecule is Cc1ccccc1NC(=O)COc1ccc(Br)cc1/C=N\NC(=O)C(=O)Nc1cccc(Cl)c1. The molecular formula is C24H20BrClN4O4. The summed E-state index contributed by atoms with van der Waals surface area (Å²) in [6.45, 7) is 1.66. The summed E-state index contributed by atoms with van der Waals surface area (Å²) in [5.41, 5.74) is 4.64. The van der Waals surface area contributed by atoms with Gasteiger partial charge in [0.2, 0.25) is 0 Å². The van der Waals surface area contributed by atoms with Crippen LogP contribution in [0.5, 0.6) is 5.75 Å². The molecule has 0 aliphatic rings. The Labute approximate surface area is 209 Å². The Morgan fingerprint density at radius 2 is 1.79 bits per heavy atom. The van der Waals surface area contributed by atoms with Crippen molar-refractivity contribution in [3.63, 3.8) is 0 Å². The summed E-state index contributed by atoms with van der Waals surface area (Å²) < 4.78 is 6.36. The Morgan fingerprint density at radius 3 is 2.56 bits per heavy atom. The van der Waals surface area contributed by atoms with Gasteiger partial charge in [-0.25, -0.2) is 5.43 Å². The van der Waals surface area contributed by atoms with Crippen LogP contribution in [0, 0.1) is 6.92 Å². The first kappa shape index (κ1) is 24.9. The maximum atomic E-state index is 12.3. The van der Waals surface area contributed by atoms with Crippen LogP contribution in [0.1, 0.15) is 11.1 Å². The first-order valence-electron chi connectivity index (χ1n) is 9.99. The normalized spacial score (nSPS) is 10.6. The maximum absolute atomic E-state index is 12.3. The molecule has 3 aromatic carbocycles. The molecule has 0 heterocycles. The van der Waals surface area contributed by atoms with Gasteiger partial charge >= 0.3 is 11.8 Å². The number of nitrogens with zero attached hydrogens (tertiary/aromatic N) is 1. The molecule has 0 saturated heterocycles. The van der Waals surface area contributed by atoms with Gasteiger partial charge in [-0.1, -0.05) is 51.8 Å². The van der Waals surface area contributed by atoms with Crippen LogP contribution in [-0.4, -0.2) is 30.5 Å². The zero-order chi connectivity index (χ0) is 24.5. The summed E-state index contributed by atoms with van der Waals surface area (Å²) in [4.78, 5) is 36.3. The van der Waals surface area contributed by atoms with Crippen molar-refractivity contribution in [1.29, 1.82) is 0 Å². The molecule has 10 heteroatoms. The van der Waals surface area contributed by atoms with E-state index in [1.165, 1.54) is 12.3 Å². The fraction of sp³-hybridized carbons (Fsp3) is 0.0833. The molecule has 0 fully saturated rings. The van der Waals surface area contributed by atoms with E-state index in [4.69, 9.17) is 16.3 Å². The molecule has 174 valence electrons. The first-order valence-corrected chi connectivity index (χ1v) is 11.2. The Hall–Kier alpha value is -3.69. The minimum Gasteiger partial charge on any atom is -0.483 e. The number of anilines is 2. The molecule has 0 unspecified atom stereocenters. The number of aryl methyl sites for hydroxylation is 1. The predicted octanol–water partition coefficient (Wildman–Crippen LogP) is 4.52. The molecule has 0 radical (unpaired) electrons. The number of nitrogens with one attached hydrogen (secondary N) is 3. The number of hydrazone groups is 1. The first-order chi connectivity index (χ1) is 16.3. The number of halogens is 2.